The molecule has 19 heavy (non-hydrogen) atoms. The maximum atomic E-state index is 11.2. The lowest BCUT2D eigenvalue weighted by atomic mass is 10.2. The quantitative estimate of drug-likeness (QED) is 0.679. The van der Waals surface area contributed by atoms with Gasteiger partial charge in [0.1, 0.15) is 6.04 Å². The van der Waals surface area contributed by atoms with Gasteiger partial charge in [-0.25, -0.2) is 9.78 Å². The molecule has 0 bridgehead atoms. The van der Waals surface area contributed by atoms with Gasteiger partial charge in [-0.05, 0) is 30.1 Å². The SMILES string of the molecule is CCSCCC(Nc1nc2ccccc2[nH]1)C(=O)O. The Morgan fingerprint density at radius 3 is 3.00 bits per heavy atom. The van der Waals surface area contributed by atoms with Gasteiger partial charge in [-0.2, -0.15) is 11.8 Å². The summed E-state index contributed by atoms with van der Waals surface area (Å²) in [4.78, 5) is 18.6. The van der Waals surface area contributed by atoms with Crippen molar-refractivity contribution in [3.05, 3.63) is 24.3 Å². The molecule has 0 saturated carbocycles. The number of anilines is 1. The largest absolute Gasteiger partial charge is 0.480 e. The number of H-pyrrole nitrogens is 1. The van der Waals surface area contributed by atoms with Gasteiger partial charge >= 0.3 is 5.97 Å². The van der Waals surface area contributed by atoms with E-state index in [1.165, 1.54) is 0 Å². The van der Waals surface area contributed by atoms with Crippen LogP contribution in [0.3, 0.4) is 0 Å². The average molecular weight is 279 g/mol. The molecule has 3 N–H and O–H groups in total. The number of hydrogen-bond acceptors (Lipinski definition) is 4. The zero-order chi connectivity index (χ0) is 13.7. The van der Waals surface area contributed by atoms with E-state index < -0.39 is 12.0 Å². The van der Waals surface area contributed by atoms with Crippen molar-refractivity contribution < 1.29 is 9.90 Å². The zero-order valence-electron chi connectivity index (χ0n) is 10.7. The summed E-state index contributed by atoms with van der Waals surface area (Å²) in [5.41, 5.74) is 1.73. The summed E-state index contributed by atoms with van der Waals surface area (Å²) in [5, 5.41) is 12.1. The monoisotopic (exact) mass is 279 g/mol. The Balaban J connectivity index is 2.05. The van der Waals surface area contributed by atoms with Gasteiger partial charge < -0.3 is 15.4 Å². The van der Waals surface area contributed by atoms with Crippen LogP contribution >= 0.6 is 11.8 Å². The summed E-state index contributed by atoms with van der Waals surface area (Å²) in [6, 6.07) is 7.01. The van der Waals surface area contributed by atoms with Crippen molar-refractivity contribution >= 4 is 34.7 Å². The van der Waals surface area contributed by atoms with Gasteiger partial charge in [-0.3, -0.25) is 0 Å². The lowest BCUT2D eigenvalue weighted by Crippen LogP contribution is -2.30. The lowest BCUT2D eigenvalue weighted by molar-refractivity contribution is -0.137. The van der Waals surface area contributed by atoms with Crippen LogP contribution in [0.4, 0.5) is 5.95 Å². The Labute approximate surface area is 115 Å². The number of para-hydroxylation sites is 2. The maximum absolute atomic E-state index is 11.2. The molecule has 0 saturated heterocycles. The smallest absolute Gasteiger partial charge is 0.326 e. The molecule has 0 amide bonds. The predicted molar refractivity (Wildman–Crippen MR) is 78.8 cm³/mol. The molecule has 0 aliphatic heterocycles. The number of thioether (sulfide) groups is 1. The van der Waals surface area contributed by atoms with Gasteiger partial charge in [0.25, 0.3) is 0 Å². The average Bonchev–Trinajstić information content (AvgIpc) is 2.80. The Kier molecular flexibility index (Phi) is 4.68. The van der Waals surface area contributed by atoms with Gasteiger partial charge in [-0.15, -0.1) is 0 Å². The first-order chi connectivity index (χ1) is 9.20. The number of aliphatic carboxylic acids is 1. The van der Waals surface area contributed by atoms with E-state index in [-0.39, 0.29) is 0 Å². The van der Waals surface area contributed by atoms with Crippen molar-refractivity contribution in [3.8, 4) is 0 Å². The third kappa shape index (κ3) is 3.64. The highest BCUT2D eigenvalue weighted by molar-refractivity contribution is 7.99. The van der Waals surface area contributed by atoms with E-state index in [1.807, 2.05) is 24.3 Å². The number of aromatic amines is 1. The number of fused-ring (bicyclic) bond motifs is 1. The Hall–Kier alpha value is -1.69. The molecule has 6 heteroatoms. The minimum atomic E-state index is -0.850. The van der Waals surface area contributed by atoms with E-state index >= 15 is 0 Å². The molecule has 0 fully saturated rings. The zero-order valence-corrected chi connectivity index (χ0v) is 11.5. The normalized spacial score (nSPS) is 12.5. The van der Waals surface area contributed by atoms with E-state index in [9.17, 15) is 9.90 Å². The standard InChI is InChI=1S/C13H17N3O2S/c1-2-19-8-7-11(12(17)18)16-13-14-9-5-3-4-6-10(9)15-13/h3-6,11H,2,7-8H2,1H3,(H,17,18)(H2,14,15,16). The molecule has 0 spiro atoms. The number of nitrogens with one attached hydrogen (secondary N) is 2. The third-order valence-electron chi connectivity index (χ3n) is 2.75. The summed E-state index contributed by atoms with van der Waals surface area (Å²) in [7, 11) is 0. The van der Waals surface area contributed by atoms with Crippen molar-refractivity contribution in [1.82, 2.24) is 9.97 Å². The number of nitrogens with zero attached hydrogens (tertiary/aromatic N) is 1. The Morgan fingerprint density at radius 1 is 1.53 bits per heavy atom. The molecule has 1 unspecified atom stereocenters. The van der Waals surface area contributed by atoms with Crippen LogP contribution in [0, 0.1) is 0 Å². The first kappa shape index (κ1) is 13.7. The molecule has 1 aromatic carbocycles. The van der Waals surface area contributed by atoms with E-state index in [2.05, 4.69) is 22.2 Å². The molecule has 5 nitrogen and oxygen atoms in total. The number of carboxylic acids is 1. The molecule has 2 aromatic rings. The van der Waals surface area contributed by atoms with Gasteiger partial charge in [0.05, 0.1) is 11.0 Å². The predicted octanol–water partition coefficient (Wildman–Crippen LogP) is 2.57. The van der Waals surface area contributed by atoms with Crippen LogP contribution in [0.15, 0.2) is 24.3 Å². The number of benzene rings is 1. The van der Waals surface area contributed by atoms with E-state index in [0.717, 1.165) is 22.5 Å². The number of hydrogen-bond donors (Lipinski definition) is 3. The first-order valence-electron chi connectivity index (χ1n) is 6.22. The summed E-state index contributed by atoms with van der Waals surface area (Å²) >= 11 is 1.74. The fraction of sp³-hybridized carbons (Fsp3) is 0.385. The van der Waals surface area contributed by atoms with Gasteiger partial charge in [0.15, 0.2) is 0 Å². The van der Waals surface area contributed by atoms with Crippen molar-refractivity contribution in [2.45, 2.75) is 19.4 Å². The first-order valence-corrected chi connectivity index (χ1v) is 7.38. The highest BCUT2D eigenvalue weighted by Crippen LogP contribution is 2.15. The maximum Gasteiger partial charge on any atom is 0.326 e. The van der Waals surface area contributed by atoms with Crippen molar-refractivity contribution in [2.75, 3.05) is 16.8 Å². The van der Waals surface area contributed by atoms with Crippen LogP contribution in [0.25, 0.3) is 11.0 Å². The summed E-state index contributed by atoms with van der Waals surface area (Å²) in [6.45, 7) is 2.06. The lowest BCUT2D eigenvalue weighted by Gasteiger charge is -2.12. The summed E-state index contributed by atoms with van der Waals surface area (Å²) in [5.74, 6) is 1.48. The van der Waals surface area contributed by atoms with E-state index in [4.69, 9.17) is 0 Å². The highest BCUT2D eigenvalue weighted by Gasteiger charge is 2.18. The Morgan fingerprint density at radius 2 is 2.32 bits per heavy atom. The van der Waals surface area contributed by atoms with Gasteiger partial charge in [0.2, 0.25) is 5.95 Å². The Bertz CT molecular complexity index is 523. The minimum absolute atomic E-state index is 0.509. The molecule has 0 aliphatic rings. The molecule has 1 heterocycles. The second kappa shape index (κ2) is 6.47. The van der Waals surface area contributed by atoms with Crippen LogP contribution in [-0.2, 0) is 4.79 Å². The molecular formula is C13H17N3O2S. The van der Waals surface area contributed by atoms with Crippen LogP contribution in [-0.4, -0.2) is 38.6 Å². The fourth-order valence-corrected chi connectivity index (χ4v) is 2.48. The van der Waals surface area contributed by atoms with Crippen LogP contribution < -0.4 is 5.32 Å². The number of imidazole rings is 1. The van der Waals surface area contributed by atoms with E-state index in [1.54, 1.807) is 11.8 Å². The second-order valence-electron chi connectivity index (χ2n) is 4.12. The third-order valence-corrected chi connectivity index (χ3v) is 3.69. The number of aromatic nitrogens is 2. The summed E-state index contributed by atoms with van der Waals surface area (Å²) in [6.07, 6.45) is 0.574. The topological polar surface area (TPSA) is 78.0 Å². The van der Waals surface area contributed by atoms with Crippen LogP contribution in [0.1, 0.15) is 13.3 Å². The van der Waals surface area contributed by atoms with Crippen molar-refractivity contribution in [3.63, 3.8) is 0 Å². The highest BCUT2D eigenvalue weighted by atomic mass is 32.2. The molecule has 2 rings (SSSR count). The molecule has 1 atom stereocenters. The number of carboxylic acid groups (broad SMARTS) is 1. The molecule has 1 aromatic heterocycles. The summed E-state index contributed by atoms with van der Waals surface area (Å²) < 4.78 is 0. The minimum Gasteiger partial charge on any atom is -0.480 e. The number of carbonyl (C=O) groups is 1. The van der Waals surface area contributed by atoms with Gasteiger partial charge in [-0.1, -0.05) is 19.1 Å². The van der Waals surface area contributed by atoms with Crippen LogP contribution in [0.2, 0.25) is 0 Å². The van der Waals surface area contributed by atoms with Gasteiger partial charge in [0, 0.05) is 0 Å². The van der Waals surface area contributed by atoms with E-state index in [0.29, 0.717) is 12.4 Å². The fourth-order valence-electron chi connectivity index (χ4n) is 1.79. The molecule has 0 aliphatic carbocycles. The second-order valence-corrected chi connectivity index (χ2v) is 5.52. The molecule has 0 radical (unpaired) electrons. The number of rotatable bonds is 7. The van der Waals surface area contributed by atoms with Crippen LogP contribution in [0.5, 0.6) is 0 Å². The van der Waals surface area contributed by atoms with Crippen molar-refractivity contribution in [2.24, 2.45) is 0 Å². The molecule has 102 valence electrons. The molecular weight excluding hydrogens is 262 g/mol. The van der Waals surface area contributed by atoms with Crippen molar-refractivity contribution in [1.29, 1.82) is 0 Å².